The normalized spacial score (nSPS) is 19.3. The van der Waals surface area contributed by atoms with Gasteiger partial charge in [-0.25, -0.2) is 0 Å². The van der Waals surface area contributed by atoms with Gasteiger partial charge in [-0.15, -0.1) is 0 Å². The van der Waals surface area contributed by atoms with Gasteiger partial charge >= 0.3 is 5.97 Å². The number of likely N-dealkylation sites (tertiary alicyclic amines) is 1. The Morgan fingerprint density at radius 1 is 1.30 bits per heavy atom. The molecule has 0 bridgehead atoms. The summed E-state index contributed by atoms with van der Waals surface area (Å²) in [4.78, 5) is 24.9. The summed E-state index contributed by atoms with van der Waals surface area (Å²) in [5.74, 6) is -0.950. The van der Waals surface area contributed by atoms with Gasteiger partial charge in [0.2, 0.25) is 0 Å². The zero-order valence-electron chi connectivity index (χ0n) is 11.8. The van der Waals surface area contributed by atoms with E-state index in [2.05, 4.69) is 13.8 Å². The summed E-state index contributed by atoms with van der Waals surface area (Å²) in [6.45, 7) is 4.76. The molecule has 1 aliphatic heterocycles. The zero-order chi connectivity index (χ0) is 14.8. The molecule has 0 saturated carbocycles. The Morgan fingerprint density at radius 3 is 2.55 bits per heavy atom. The number of hydrogen-bond acceptors (Lipinski definition) is 3. The molecule has 106 valence electrons. The van der Waals surface area contributed by atoms with E-state index in [1.165, 1.54) is 0 Å². The van der Waals surface area contributed by atoms with Gasteiger partial charge < -0.3 is 10.0 Å². The van der Waals surface area contributed by atoms with Gasteiger partial charge in [0.15, 0.2) is 5.78 Å². The number of benzene rings is 1. The summed E-state index contributed by atoms with van der Waals surface area (Å²) < 4.78 is 0. The molecule has 1 saturated heterocycles. The first kappa shape index (κ1) is 14.3. The number of carboxylic acid groups (broad SMARTS) is 1. The fraction of sp³-hybridized carbons (Fsp3) is 0.375. The largest absolute Gasteiger partial charge is 0.480 e. The van der Waals surface area contributed by atoms with Gasteiger partial charge in [-0.1, -0.05) is 44.2 Å². The lowest BCUT2D eigenvalue weighted by molar-refractivity contribution is -0.137. The molecule has 4 nitrogen and oxygen atoms in total. The van der Waals surface area contributed by atoms with E-state index in [1.54, 1.807) is 23.1 Å². The molecule has 0 amide bonds. The first-order valence-corrected chi connectivity index (χ1v) is 6.64. The summed E-state index contributed by atoms with van der Waals surface area (Å²) in [7, 11) is 0. The molecule has 2 rings (SSSR count). The number of ketones is 1. The first-order chi connectivity index (χ1) is 9.37. The van der Waals surface area contributed by atoms with Gasteiger partial charge in [0.1, 0.15) is 6.54 Å². The Bertz CT molecular complexity index is 546. The van der Waals surface area contributed by atoms with E-state index < -0.39 is 5.97 Å². The molecule has 0 aromatic heterocycles. The molecule has 1 N–H and O–H groups in total. The van der Waals surface area contributed by atoms with Crippen LogP contribution in [0.25, 0.3) is 0 Å². The van der Waals surface area contributed by atoms with Gasteiger partial charge in [-0.2, -0.15) is 0 Å². The molecular formula is C16H19NO3. The van der Waals surface area contributed by atoms with Crippen LogP contribution in [-0.2, 0) is 4.79 Å². The summed E-state index contributed by atoms with van der Waals surface area (Å²) >= 11 is 0. The minimum atomic E-state index is -0.874. The van der Waals surface area contributed by atoms with Crippen LogP contribution in [0.5, 0.6) is 0 Å². The minimum absolute atomic E-state index is 0.00173. The summed E-state index contributed by atoms with van der Waals surface area (Å²) in [6, 6.07) is 9.03. The second-order valence-corrected chi connectivity index (χ2v) is 5.96. The predicted molar refractivity (Wildman–Crippen MR) is 76.5 cm³/mol. The minimum Gasteiger partial charge on any atom is -0.480 e. The maximum absolute atomic E-state index is 12.2. The van der Waals surface area contributed by atoms with Crippen molar-refractivity contribution in [1.29, 1.82) is 0 Å². The first-order valence-electron chi connectivity index (χ1n) is 6.64. The lowest BCUT2D eigenvalue weighted by Crippen LogP contribution is -2.28. The van der Waals surface area contributed by atoms with Crippen molar-refractivity contribution in [2.45, 2.75) is 20.3 Å². The van der Waals surface area contributed by atoms with E-state index in [9.17, 15) is 9.59 Å². The Kier molecular flexibility index (Phi) is 3.93. The fourth-order valence-electron chi connectivity index (χ4n) is 2.58. The number of aliphatic carboxylic acids is 1. The number of carbonyl (C=O) groups excluding carboxylic acids is 1. The highest BCUT2D eigenvalue weighted by molar-refractivity contribution is 6.04. The zero-order valence-corrected chi connectivity index (χ0v) is 11.8. The molecule has 1 aliphatic rings. The van der Waals surface area contributed by atoms with E-state index in [0.29, 0.717) is 12.1 Å². The number of carbonyl (C=O) groups is 2. The van der Waals surface area contributed by atoms with Crippen LogP contribution >= 0.6 is 0 Å². The molecule has 0 aliphatic carbocycles. The van der Waals surface area contributed by atoms with Crippen molar-refractivity contribution >= 4 is 11.8 Å². The molecule has 0 spiro atoms. The molecule has 4 heteroatoms. The van der Waals surface area contributed by atoms with Crippen LogP contribution in [0.4, 0.5) is 0 Å². The highest BCUT2D eigenvalue weighted by Crippen LogP contribution is 2.36. The lowest BCUT2D eigenvalue weighted by Gasteiger charge is -2.19. The molecule has 0 unspecified atom stereocenters. The third-order valence-electron chi connectivity index (χ3n) is 3.37. The fourth-order valence-corrected chi connectivity index (χ4v) is 2.58. The molecule has 1 heterocycles. The van der Waals surface area contributed by atoms with Crippen molar-refractivity contribution in [2.24, 2.45) is 5.41 Å². The summed E-state index contributed by atoms with van der Waals surface area (Å²) in [5.41, 5.74) is 1.43. The molecule has 1 fully saturated rings. The standard InChI is InChI=1S/C16H19NO3/c1-16(2)9-13(17(11-16)10-15(19)20)8-14(18)12-6-4-3-5-7-12/h3-8H,9-11H2,1-2H3,(H,19,20)/b13-8+. The summed E-state index contributed by atoms with van der Waals surface area (Å²) in [5, 5.41) is 8.96. The van der Waals surface area contributed by atoms with Gasteiger partial charge in [0.05, 0.1) is 0 Å². The van der Waals surface area contributed by atoms with Crippen molar-refractivity contribution < 1.29 is 14.7 Å². The van der Waals surface area contributed by atoms with Crippen molar-refractivity contribution in [2.75, 3.05) is 13.1 Å². The highest BCUT2D eigenvalue weighted by atomic mass is 16.4. The van der Waals surface area contributed by atoms with Crippen LogP contribution in [0.2, 0.25) is 0 Å². The second-order valence-electron chi connectivity index (χ2n) is 5.96. The van der Waals surface area contributed by atoms with Crippen LogP contribution in [0.15, 0.2) is 42.1 Å². The molecule has 1 aromatic carbocycles. The van der Waals surface area contributed by atoms with E-state index in [1.807, 2.05) is 18.2 Å². The van der Waals surface area contributed by atoms with Crippen molar-refractivity contribution in [3.8, 4) is 0 Å². The third-order valence-corrected chi connectivity index (χ3v) is 3.37. The van der Waals surface area contributed by atoms with Crippen LogP contribution in [0, 0.1) is 5.41 Å². The maximum atomic E-state index is 12.2. The molecular weight excluding hydrogens is 254 g/mol. The third kappa shape index (κ3) is 3.47. The number of nitrogens with zero attached hydrogens (tertiary/aromatic N) is 1. The lowest BCUT2D eigenvalue weighted by atomic mass is 9.92. The summed E-state index contributed by atoms with van der Waals surface area (Å²) in [6.07, 6.45) is 2.30. The second kappa shape index (κ2) is 5.49. The molecule has 0 atom stereocenters. The Hall–Kier alpha value is -2.10. The Morgan fingerprint density at radius 2 is 1.95 bits per heavy atom. The smallest absolute Gasteiger partial charge is 0.323 e. The van der Waals surface area contributed by atoms with Crippen LogP contribution in [0.3, 0.4) is 0 Å². The van der Waals surface area contributed by atoms with Crippen LogP contribution in [-0.4, -0.2) is 34.8 Å². The average Bonchev–Trinajstić information content (AvgIpc) is 2.64. The van der Waals surface area contributed by atoms with E-state index >= 15 is 0 Å². The van der Waals surface area contributed by atoms with E-state index in [-0.39, 0.29) is 17.7 Å². The number of hydrogen-bond donors (Lipinski definition) is 1. The number of allylic oxidation sites excluding steroid dienone is 2. The maximum Gasteiger partial charge on any atom is 0.323 e. The SMILES string of the molecule is CC1(C)C/C(=C\C(=O)c2ccccc2)N(CC(=O)O)C1. The van der Waals surface area contributed by atoms with Crippen molar-refractivity contribution in [3.05, 3.63) is 47.7 Å². The molecule has 1 aromatic rings. The van der Waals surface area contributed by atoms with Gasteiger partial charge in [-0.3, -0.25) is 9.59 Å². The topological polar surface area (TPSA) is 57.6 Å². The highest BCUT2D eigenvalue weighted by Gasteiger charge is 2.34. The van der Waals surface area contributed by atoms with Gasteiger partial charge in [0.25, 0.3) is 0 Å². The molecule has 0 radical (unpaired) electrons. The van der Waals surface area contributed by atoms with Gasteiger partial charge in [-0.05, 0) is 11.8 Å². The quantitative estimate of drug-likeness (QED) is 0.676. The average molecular weight is 273 g/mol. The Balaban J connectivity index is 2.22. The Labute approximate surface area is 118 Å². The molecule has 20 heavy (non-hydrogen) atoms. The van der Waals surface area contributed by atoms with E-state index in [4.69, 9.17) is 5.11 Å². The van der Waals surface area contributed by atoms with Crippen molar-refractivity contribution in [1.82, 2.24) is 4.90 Å². The predicted octanol–water partition coefficient (Wildman–Crippen LogP) is 2.57. The van der Waals surface area contributed by atoms with Crippen LogP contribution < -0.4 is 0 Å². The number of rotatable bonds is 4. The van der Waals surface area contributed by atoms with Crippen molar-refractivity contribution in [3.63, 3.8) is 0 Å². The van der Waals surface area contributed by atoms with E-state index in [0.717, 1.165) is 12.1 Å². The number of carboxylic acids is 1. The van der Waals surface area contributed by atoms with Gasteiger partial charge in [0, 0.05) is 23.9 Å². The van der Waals surface area contributed by atoms with Crippen LogP contribution in [0.1, 0.15) is 30.6 Å². The monoisotopic (exact) mass is 273 g/mol.